The van der Waals surface area contributed by atoms with E-state index in [1.54, 1.807) is 13.8 Å². The third kappa shape index (κ3) is 2.28. The lowest BCUT2D eigenvalue weighted by atomic mass is 10.00. The second kappa shape index (κ2) is 6.10. The number of non-ortho nitro benzene ring substituents is 1. The molecule has 3 rings (SSSR count). The number of nitrogens with one attached hydrogen (secondary N) is 1. The van der Waals surface area contributed by atoms with E-state index in [1.807, 2.05) is 0 Å². The number of esters is 1. The van der Waals surface area contributed by atoms with E-state index in [2.05, 4.69) is 9.98 Å². The van der Waals surface area contributed by atoms with Gasteiger partial charge in [0, 0.05) is 24.1 Å². The van der Waals surface area contributed by atoms with Crippen LogP contribution in [-0.2, 0) is 15.2 Å². The topological polar surface area (TPSA) is 142 Å². The van der Waals surface area contributed by atoms with Crippen LogP contribution in [0.5, 0.6) is 0 Å². The van der Waals surface area contributed by atoms with E-state index in [9.17, 15) is 24.5 Å². The van der Waals surface area contributed by atoms with Crippen LogP contribution in [0.25, 0.3) is 0 Å². The fraction of sp³-hybridized carbons (Fsp3) is 0.333. The van der Waals surface area contributed by atoms with Crippen LogP contribution in [0.1, 0.15) is 25.8 Å². The number of nitro benzene ring substituents is 1. The van der Waals surface area contributed by atoms with Gasteiger partial charge in [0.2, 0.25) is 0 Å². The number of hydrogen-bond donors (Lipinski definition) is 1. The van der Waals surface area contributed by atoms with Crippen molar-refractivity contribution in [1.82, 2.24) is 14.3 Å². The summed E-state index contributed by atoms with van der Waals surface area (Å²) in [4.78, 5) is 54.0. The van der Waals surface area contributed by atoms with Crippen molar-refractivity contribution in [3.8, 4) is 0 Å². The average molecular weight is 361 g/mol. The molecule has 26 heavy (non-hydrogen) atoms. The molecule has 1 aromatic heterocycles. The number of ether oxygens (including phenoxy) is 1. The number of hydrogen-bond acceptors (Lipinski definition) is 7. The monoisotopic (exact) mass is 361 g/mol. The minimum absolute atomic E-state index is 0.0218. The molecule has 0 saturated heterocycles. The Morgan fingerprint density at radius 2 is 1.92 bits per heavy atom. The highest BCUT2D eigenvalue weighted by Crippen LogP contribution is 2.33. The molecule has 0 saturated carbocycles. The van der Waals surface area contributed by atoms with Crippen LogP contribution in [0, 0.1) is 10.1 Å². The van der Waals surface area contributed by atoms with Crippen LogP contribution in [-0.4, -0.2) is 37.7 Å². The number of nitrogens with zero attached hydrogens (tertiary/aromatic N) is 4. The molecule has 1 atom stereocenters. The van der Waals surface area contributed by atoms with Gasteiger partial charge in [0.1, 0.15) is 5.84 Å². The van der Waals surface area contributed by atoms with Crippen molar-refractivity contribution in [1.29, 1.82) is 0 Å². The second-order valence-corrected chi connectivity index (χ2v) is 5.44. The summed E-state index contributed by atoms with van der Waals surface area (Å²) in [5.41, 5.74) is -3.56. The Balaban J connectivity index is 2.34. The molecule has 0 aliphatic carbocycles. The van der Waals surface area contributed by atoms with Gasteiger partial charge in [-0.1, -0.05) is 6.92 Å². The third-order valence-electron chi connectivity index (χ3n) is 4.00. The molecule has 1 aliphatic heterocycles. The van der Waals surface area contributed by atoms with Crippen molar-refractivity contribution in [2.45, 2.75) is 25.9 Å². The Morgan fingerprint density at radius 1 is 1.27 bits per heavy atom. The van der Waals surface area contributed by atoms with E-state index in [0.29, 0.717) is 0 Å². The Morgan fingerprint density at radius 3 is 2.46 bits per heavy atom. The quantitative estimate of drug-likeness (QED) is 0.457. The number of carbonyl (C=O) groups excluding carboxylic acids is 1. The van der Waals surface area contributed by atoms with Crippen molar-refractivity contribution in [2.24, 2.45) is 4.99 Å². The van der Waals surface area contributed by atoms with Gasteiger partial charge in [-0.25, -0.2) is 19.4 Å². The van der Waals surface area contributed by atoms with E-state index >= 15 is 0 Å². The number of aromatic amines is 1. The Hall–Kier alpha value is -3.50. The van der Waals surface area contributed by atoms with Gasteiger partial charge in [0.05, 0.1) is 11.5 Å². The van der Waals surface area contributed by atoms with Gasteiger partial charge in [-0.2, -0.15) is 9.36 Å². The first-order valence-corrected chi connectivity index (χ1v) is 7.82. The predicted octanol–water partition coefficient (Wildman–Crippen LogP) is 0.181. The van der Waals surface area contributed by atoms with Crippen LogP contribution in [0.4, 0.5) is 5.69 Å². The first-order valence-electron chi connectivity index (χ1n) is 7.82. The van der Waals surface area contributed by atoms with Gasteiger partial charge in [-0.3, -0.25) is 15.1 Å². The Bertz CT molecular complexity index is 1030. The van der Waals surface area contributed by atoms with Gasteiger partial charge in [0.25, 0.3) is 11.4 Å². The molecule has 1 aliphatic rings. The molecule has 0 spiro atoms. The smallest absolute Gasteiger partial charge is 0.362 e. The van der Waals surface area contributed by atoms with Crippen LogP contribution in [0.3, 0.4) is 0 Å². The van der Waals surface area contributed by atoms with E-state index < -0.39 is 27.9 Å². The highest BCUT2D eigenvalue weighted by Gasteiger charge is 2.51. The van der Waals surface area contributed by atoms with E-state index in [0.717, 1.165) is 9.36 Å². The summed E-state index contributed by atoms with van der Waals surface area (Å²) < 4.78 is 6.98. The molecule has 0 amide bonds. The largest absolute Gasteiger partial charge is 0.462 e. The zero-order valence-corrected chi connectivity index (χ0v) is 14.0. The SMILES string of the molecule is CCOC(=O)C1(c2ccc([N+](=O)[O-])cc2)N=C(CC)n2c(=O)[nH]c(=O)n21. The van der Waals surface area contributed by atoms with Crippen molar-refractivity contribution in [3.63, 3.8) is 0 Å². The van der Waals surface area contributed by atoms with E-state index in [1.165, 1.54) is 24.3 Å². The number of H-pyrrole nitrogens is 1. The number of nitro groups is 1. The fourth-order valence-corrected chi connectivity index (χ4v) is 2.90. The van der Waals surface area contributed by atoms with Gasteiger partial charge < -0.3 is 4.74 Å². The maximum Gasteiger partial charge on any atom is 0.362 e. The summed E-state index contributed by atoms with van der Waals surface area (Å²) in [5.74, 6) is -0.674. The van der Waals surface area contributed by atoms with E-state index in [4.69, 9.17) is 4.74 Å². The number of aromatic nitrogens is 3. The fourth-order valence-electron chi connectivity index (χ4n) is 2.90. The van der Waals surface area contributed by atoms with E-state index in [-0.39, 0.29) is 30.1 Å². The number of rotatable bonds is 5. The number of benzene rings is 1. The molecular formula is C15H15N5O6. The summed E-state index contributed by atoms with van der Waals surface area (Å²) in [6, 6.07) is 5.00. The molecule has 2 heterocycles. The molecule has 1 N–H and O–H groups in total. The maximum absolute atomic E-state index is 12.8. The summed E-state index contributed by atoms with van der Waals surface area (Å²) in [6.45, 7) is 3.33. The molecule has 1 aromatic carbocycles. The molecule has 0 fully saturated rings. The summed E-state index contributed by atoms with van der Waals surface area (Å²) in [5, 5.41) is 10.9. The summed E-state index contributed by atoms with van der Waals surface area (Å²) in [7, 11) is 0. The van der Waals surface area contributed by atoms with Crippen molar-refractivity contribution in [3.05, 3.63) is 60.9 Å². The van der Waals surface area contributed by atoms with Crippen molar-refractivity contribution >= 4 is 17.5 Å². The van der Waals surface area contributed by atoms with Gasteiger partial charge in [-0.15, -0.1) is 0 Å². The van der Waals surface area contributed by atoms with Crippen molar-refractivity contribution < 1.29 is 14.5 Å². The van der Waals surface area contributed by atoms with Gasteiger partial charge in [0.15, 0.2) is 0 Å². The molecule has 0 radical (unpaired) electrons. The predicted molar refractivity (Wildman–Crippen MR) is 89.2 cm³/mol. The molecule has 2 aromatic rings. The lowest BCUT2D eigenvalue weighted by molar-refractivity contribution is -0.384. The molecule has 11 nitrogen and oxygen atoms in total. The van der Waals surface area contributed by atoms with Gasteiger partial charge in [-0.05, 0) is 19.1 Å². The lowest BCUT2D eigenvalue weighted by Crippen LogP contribution is -2.47. The summed E-state index contributed by atoms with van der Waals surface area (Å²) in [6.07, 6.45) is 0.269. The molecule has 0 bridgehead atoms. The molecule has 136 valence electrons. The van der Waals surface area contributed by atoms with Crippen LogP contribution >= 0.6 is 0 Å². The van der Waals surface area contributed by atoms with Gasteiger partial charge >= 0.3 is 17.3 Å². The average Bonchev–Trinajstić information content (AvgIpc) is 3.12. The molecule has 1 unspecified atom stereocenters. The number of fused-ring (bicyclic) bond motifs is 1. The third-order valence-corrected chi connectivity index (χ3v) is 4.00. The van der Waals surface area contributed by atoms with Crippen LogP contribution < -0.4 is 11.4 Å². The zero-order valence-electron chi connectivity index (χ0n) is 14.0. The van der Waals surface area contributed by atoms with Crippen LogP contribution in [0.15, 0.2) is 38.8 Å². The van der Waals surface area contributed by atoms with Crippen LogP contribution in [0.2, 0.25) is 0 Å². The standard InChI is InChI=1S/C15H15N5O6/c1-3-11-17-15(12(21)26-4-2,19-14(23)16-13(22)18(11)19)9-5-7-10(8-6-9)20(24)25/h5-8H,3-4H2,1-2H3,(H,16,22,23). The minimum Gasteiger partial charge on any atom is -0.462 e. The summed E-state index contributed by atoms with van der Waals surface area (Å²) >= 11 is 0. The maximum atomic E-state index is 12.8. The normalized spacial score (nSPS) is 18.3. The zero-order chi connectivity index (χ0) is 19.1. The molecular weight excluding hydrogens is 346 g/mol. The number of aliphatic imine (C=N–C) groups is 1. The van der Waals surface area contributed by atoms with Crippen molar-refractivity contribution in [2.75, 3.05) is 6.61 Å². The molecule has 11 heteroatoms. The lowest BCUT2D eigenvalue weighted by Gasteiger charge is -2.24. The highest BCUT2D eigenvalue weighted by molar-refractivity contribution is 5.93. The minimum atomic E-state index is -1.97. The second-order valence-electron chi connectivity index (χ2n) is 5.44. The Kier molecular flexibility index (Phi) is 4.06. The first kappa shape index (κ1) is 17.3. The Labute approximate surface area is 145 Å². The number of carbonyl (C=O) groups is 1. The highest BCUT2D eigenvalue weighted by atomic mass is 16.6. The first-order chi connectivity index (χ1) is 12.4.